The second kappa shape index (κ2) is 5.19. The Balaban J connectivity index is 2.38. The van der Waals surface area contributed by atoms with Crippen LogP contribution in [0.4, 0.5) is 5.69 Å². The van der Waals surface area contributed by atoms with Crippen LogP contribution in [0.1, 0.15) is 30.6 Å². The van der Waals surface area contributed by atoms with Crippen molar-refractivity contribution in [2.75, 3.05) is 18.0 Å². The Labute approximate surface area is 112 Å². The average molecular weight is 268 g/mol. The summed E-state index contributed by atoms with van der Waals surface area (Å²) in [5.74, 6) is 0.199. The molecule has 0 aliphatic carbocycles. The number of carbonyl (C=O) groups is 1. The Bertz CT molecular complexity index is 451. The lowest BCUT2D eigenvalue weighted by molar-refractivity contribution is 0.0697. The third kappa shape index (κ3) is 2.61. The molecule has 2 unspecified atom stereocenters. The first-order valence-electron chi connectivity index (χ1n) is 6.25. The van der Waals surface area contributed by atoms with Crippen molar-refractivity contribution in [1.82, 2.24) is 0 Å². The van der Waals surface area contributed by atoms with Gasteiger partial charge >= 0.3 is 5.97 Å². The van der Waals surface area contributed by atoms with Crippen LogP contribution in [0.25, 0.3) is 0 Å². The molecule has 3 nitrogen and oxygen atoms in total. The smallest absolute Gasteiger partial charge is 0.339 e. The van der Waals surface area contributed by atoms with E-state index in [1.54, 1.807) is 6.07 Å². The number of carboxylic acids is 1. The van der Waals surface area contributed by atoms with Crippen molar-refractivity contribution in [2.45, 2.75) is 20.3 Å². The molecular formula is C14H18ClNO2. The zero-order valence-corrected chi connectivity index (χ0v) is 11.4. The number of halogens is 1. The van der Waals surface area contributed by atoms with Crippen LogP contribution < -0.4 is 4.90 Å². The summed E-state index contributed by atoms with van der Waals surface area (Å²) in [5.41, 5.74) is 0.967. The van der Waals surface area contributed by atoms with Gasteiger partial charge in [-0.1, -0.05) is 31.5 Å². The summed E-state index contributed by atoms with van der Waals surface area (Å²) in [6.07, 6.45) is 1.19. The molecule has 2 rings (SSSR count). The van der Waals surface area contributed by atoms with Crippen LogP contribution in [0.15, 0.2) is 18.2 Å². The number of aromatic carboxylic acids is 1. The molecule has 18 heavy (non-hydrogen) atoms. The van der Waals surface area contributed by atoms with Crippen LogP contribution in [-0.2, 0) is 0 Å². The highest BCUT2D eigenvalue weighted by Crippen LogP contribution is 2.32. The highest BCUT2D eigenvalue weighted by Gasteiger charge is 2.26. The molecule has 98 valence electrons. The molecule has 1 fully saturated rings. The van der Waals surface area contributed by atoms with Crippen molar-refractivity contribution < 1.29 is 9.90 Å². The molecule has 1 aromatic carbocycles. The molecule has 0 amide bonds. The first-order valence-corrected chi connectivity index (χ1v) is 6.63. The third-order valence-electron chi connectivity index (χ3n) is 3.42. The van der Waals surface area contributed by atoms with E-state index in [0.717, 1.165) is 18.8 Å². The quantitative estimate of drug-likeness (QED) is 0.891. The standard InChI is InChI=1S/C14H18ClNO2/c1-9-6-10(2)8-16(7-9)12-5-3-4-11(15)13(12)14(17)18/h3-5,9-10H,6-8H2,1-2H3,(H,17,18). The molecule has 0 spiro atoms. The highest BCUT2D eigenvalue weighted by atomic mass is 35.5. The number of benzene rings is 1. The average Bonchev–Trinajstić information content (AvgIpc) is 2.26. The summed E-state index contributed by atoms with van der Waals surface area (Å²) >= 11 is 6.01. The molecule has 0 saturated carbocycles. The van der Waals surface area contributed by atoms with Gasteiger partial charge in [0.15, 0.2) is 0 Å². The Morgan fingerprint density at radius 1 is 1.33 bits per heavy atom. The number of anilines is 1. The second-order valence-corrected chi connectivity index (χ2v) is 5.70. The molecule has 1 N–H and O–H groups in total. The maximum Gasteiger partial charge on any atom is 0.339 e. The molecular weight excluding hydrogens is 250 g/mol. The first kappa shape index (κ1) is 13.2. The van der Waals surface area contributed by atoms with Crippen molar-refractivity contribution in [3.05, 3.63) is 28.8 Å². The van der Waals surface area contributed by atoms with Gasteiger partial charge in [-0.15, -0.1) is 0 Å². The van der Waals surface area contributed by atoms with Crippen molar-refractivity contribution in [2.24, 2.45) is 11.8 Å². The fraction of sp³-hybridized carbons (Fsp3) is 0.500. The van der Waals surface area contributed by atoms with Gasteiger partial charge in [-0.2, -0.15) is 0 Å². The van der Waals surface area contributed by atoms with E-state index in [9.17, 15) is 9.90 Å². The van der Waals surface area contributed by atoms with Gasteiger partial charge in [0.2, 0.25) is 0 Å². The van der Waals surface area contributed by atoms with E-state index in [-0.39, 0.29) is 5.56 Å². The van der Waals surface area contributed by atoms with Gasteiger partial charge in [0, 0.05) is 13.1 Å². The first-order chi connectivity index (χ1) is 8.49. The second-order valence-electron chi connectivity index (χ2n) is 5.29. The predicted octanol–water partition coefficient (Wildman–Crippen LogP) is 3.52. The van der Waals surface area contributed by atoms with Crippen molar-refractivity contribution in [1.29, 1.82) is 0 Å². The predicted molar refractivity (Wildman–Crippen MR) is 73.6 cm³/mol. The third-order valence-corrected chi connectivity index (χ3v) is 3.73. The summed E-state index contributed by atoms with van der Waals surface area (Å²) in [7, 11) is 0. The van der Waals surface area contributed by atoms with Crippen LogP contribution in [-0.4, -0.2) is 24.2 Å². The lowest BCUT2D eigenvalue weighted by atomic mass is 9.91. The van der Waals surface area contributed by atoms with E-state index >= 15 is 0 Å². The molecule has 0 radical (unpaired) electrons. The van der Waals surface area contributed by atoms with Gasteiger partial charge < -0.3 is 10.0 Å². The van der Waals surface area contributed by atoms with Gasteiger partial charge in [-0.3, -0.25) is 0 Å². The Morgan fingerprint density at radius 2 is 1.94 bits per heavy atom. The van der Waals surface area contributed by atoms with E-state index < -0.39 is 5.97 Å². The monoisotopic (exact) mass is 267 g/mol. The van der Waals surface area contributed by atoms with E-state index in [2.05, 4.69) is 18.7 Å². The fourth-order valence-corrected chi connectivity index (χ4v) is 3.10. The lowest BCUT2D eigenvalue weighted by Crippen LogP contribution is -2.39. The minimum Gasteiger partial charge on any atom is -0.478 e. The maximum atomic E-state index is 11.3. The molecule has 1 saturated heterocycles. The van der Waals surface area contributed by atoms with E-state index in [1.165, 1.54) is 6.42 Å². The summed E-state index contributed by atoms with van der Waals surface area (Å²) in [5, 5.41) is 9.61. The zero-order valence-electron chi connectivity index (χ0n) is 10.7. The van der Waals surface area contributed by atoms with Gasteiger partial charge in [-0.05, 0) is 30.4 Å². The molecule has 0 bridgehead atoms. The SMILES string of the molecule is CC1CC(C)CN(c2cccc(Cl)c2C(=O)O)C1. The highest BCUT2D eigenvalue weighted by molar-refractivity contribution is 6.34. The van der Waals surface area contributed by atoms with E-state index in [4.69, 9.17) is 11.6 Å². The summed E-state index contributed by atoms with van der Waals surface area (Å²) in [4.78, 5) is 13.5. The van der Waals surface area contributed by atoms with Crippen molar-refractivity contribution in [3.8, 4) is 0 Å². The number of nitrogens with zero attached hydrogens (tertiary/aromatic N) is 1. The topological polar surface area (TPSA) is 40.5 Å². The van der Waals surface area contributed by atoms with Crippen LogP contribution in [0.3, 0.4) is 0 Å². The van der Waals surface area contributed by atoms with Crippen LogP contribution in [0, 0.1) is 11.8 Å². The van der Waals surface area contributed by atoms with Gasteiger partial charge in [0.05, 0.1) is 10.7 Å². The molecule has 1 aliphatic rings. The number of hydrogen-bond donors (Lipinski definition) is 1. The molecule has 0 aromatic heterocycles. The number of piperidine rings is 1. The molecule has 1 heterocycles. The Kier molecular flexibility index (Phi) is 3.81. The number of rotatable bonds is 2. The summed E-state index contributed by atoms with van der Waals surface area (Å²) < 4.78 is 0. The van der Waals surface area contributed by atoms with Crippen molar-refractivity contribution in [3.63, 3.8) is 0 Å². The van der Waals surface area contributed by atoms with Crippen LogP contribution in [0.2, 0.25) is 5.02 Å². The molecule has 1 aromatic rings. The maximum absolute atomic E-state index is 11.3. The van der Waals surface area contributed by atoms with Gasteiger partial charge in [0.1, 0.15) is 5.56 Å². The minimum atomic E-state index is -0.957. The Hall–Kier alpha value is -1.22. The van der Waals surface area contributed by atoms with Crippen LogP contribution >= 0.6 is 11.6 Å². The summed E-state index contributed by atoms with van der Waals surface area (Å²) in [6, 6.07) is 5.29. The van der Waals surface area contributed by atoms with E-state index in [1.807, 2.05) is 12.1 Å². The fourth-order valence-electron chi connectivity index (χ4n) is 2.85. The van der Waals surface area contributed by atoms with Crippen LogP contribution in [0.5, 0.6) is 0 Å². The summed E-state index contributed by atoms with van der Waals surface area (Å²) in [6.45, 7) is 6.19. The van der Waals surface area contributed by atoms with E-state index in [0.29, 0.717) is 16.9 Å². The number of hydrogen-bond acceptors (Lipinski definition) is 2. The van der Waals surface area contributed by atoms with Gasteiger partial charge in [0.25, 0.3) is 0 Å². The minimum absolute atomic E-state index is 0.223. The molecule has 2 atom stereocenters. The van der Waals surface area contributed by atoms with Crippen molar-refractivity contribution >= 4 is 23.3 Å². The lowest BCUT2D eigenvalue weighted by Gasteiger charge is -2.37. The number of carboxylic acid groups (broad SMARTS) is 1. The molecule has 4 heteroatoms. The Morgan fingerprint density at radius 3 is 2.50 bits per heavy atom. The zero-order chi connectivity index (χ0) is 13.3. The largest absolute Gasteiger partial charge is 0.478 e. The normalized spacial score (nSPS) is 24.1. The molecule has 1 aliphatic heterocycles. The van der Waals surface area contributed by atoms with Gasteiger partial charge in [-0.25, -0.2) is 4.79 Å².